The molecule has 3 nitrogen and oxygen atoms in total. The zero-order valence-corrected chi connectivity index (χ0v) is 8.27. The van der Waals surface area contributed by atoms with Crippen molar-refractivity contribution in [3.8, 4) is 0 Å². The smallest absolute Gasteiger partial charge is 0.0529 e. The number of hydrogen-bond donors (Lipinski definition) is 2. The first-order chi connectivity index (χ1) is 6.11. The van der Waals surface area contributed by atoms with E-state index >= 15 is 0 Å². The van der Waals surface area contributed by atoms with E-state index in [1.54, 1.807) is 6.92 Å². The van der Waals surface area contributed by atoms with E-state index in [1.807, 2.05) is 25.3 Å². The second kappa shape index (κ2) is 4.44. The molecular formula is C10H18N2O. The van der Waals surface area contributed by atoms with Crippen molar-refractivity contribution in [1.82, 2.24) is 4.57 Å². The van der Waals surface area contributed by atoms with Gasteiger partial charge in [-0.3, -0.25) is 0 Å². The lowest BCUT2D eigenvalue weighted by molar-refractivity contribution is 0.177. The Bertz CT molecular complexity index is 253. The van der Waals surface area contributed by atoms with Crippen LogP contribution in [0.5, 0.6) is 0 Å². The van der Waals surface area contributed by atoms with Crippen LogP contribution in [0.25, 0.3) is 0 Å². The van der Waals surface area contributed by atoms with E-state index in [0.29, 0.717) is 0 Å². The fourth-order valence-electron chi connectivity index (χ4n) is 1.37. The summed E-state index contributed by atoms with van der Waals surface area (Å²) in [6.45, 7) is 4.60. The van der Waals surface area contributed by atoms with Crippen LogP contribution >= 0.6 is 0 Å². The third-order valence-corrected chi connectivity index (χ3v) is 2.12. The Balaban J connectivity index is 2.60. The minimum Gasteiger partial charge on any atom is -0.393 e. The molecule has 1 heterocycles. The highest BCUT2D eigenvalue weighted by atomic mass is 16.3. The molecule has 0 aliphatic carbocycles. The molecule has 0 spiro atoms. The van der Waals surface area contributed by atoms with E-state index in [2.05, 4.69) is 4.57 Å². The van der Waals surface area contributed by atoms with Gasteiger partial charge in [0, 0.05) is 24.5 Å². The highest BCUT2D eigenvalue weighted by molar-refractivity contribution is 5.10. The average Bonchev–Trinajstić information content (AvgIpc) is 2.47. The van der Waals surface area contributed by atoms with Crippen LogP contribution in [0.1, 0.15) is 32.0 Å². The molecule has 0 aliphatic rings. The van der Waals surface area contributed by atoms with Crippen LogP contribution < -0.4 is 5.73 Å². The standard InChI is InChI=1S/C10H18N2O/c1-8(13)5-7-12-6-3-4-10(12)9(2)11/h3-4,6,8-9,13H,5,7,11H2,1-2H3. The molecule has 0 aliphatic heterocycles. The predicted octanol–water partition coefficient (Wildman–Crippen LogP) is 1.28. The molecule has 1 rings (SSSR count). The molecule has 0 radical (unpaired) electrons. The molecule has 13 heavy (non-hydrogen) atoms. The molecule has 1 aromatic heterocycles. The highest BCUT2D eigenvalue weighted by Gasteiger charge is 2.05. The van der Waals surface area contributed by atoms with Gasteiger partial charge in [0.2, 0.25) is 0 Å². The second-order valence-electron chi connectivity index (χ2n) is 3.55. The molecule has 3 N–H and O–H groups in total. The molecule has 0 fully saturated rings. The Labute approximate surface area is 79.2 Å². The number of aliphatic hydroxyl groups excluding tert-OH is 1. The topological polar surface area (TPSA) is 51.2 Å². The summed E-state index contributed by atoms with van der Waals surface area (Å²) in [6, 6.07) is 4.07. The zero-order valence-electron chi connectivity index (χ0n) is 8.27. The normalized spacial score (nSPS) is 15.7. The van der Waals surface area contributed by atoms with Crippen molar-refractivity contribution in [3.05, 3.63) is 24.0 Å². The first-order valence-electron chi connectivity index (χ1n) is 4.70. The fourth-order valence-corrected chi connectivity index (χ4v) is 1.37. The number of aromatic nitrogens is 1. The van der Waals surface area contributed by atoms with Gasteiger partial charge in [0.05, 0.1) is 6.10 Å². The molecule has 74 valence electrons. The van der Waals surface area contributed by atoms with E-state index in [4.69, 9.17) is 10.8 Å². The van der Waals surface area contributed by atoms with Gasteiger partial charge in [-0.15, -0.1) is 0 Å². The number of nitrogens with zero attached hydrogens (tertiary/aromatic N) is 1. The van der Waals surface area contributed by atoms with Gasteiger partial charge >= 0.3 is 0 Å². The van der Waals surface area contributed by atoms with Gasteiger partial charge < -0.3 is 15.4 Å². The van der Waals surface area contributed by atoms with E-state index < -0.39 is 0 Å². The van der Waals surface area contributed by atoms with Crippen molar-refractivity contribution >= 4 is 0 Å². The van der Waals surface area contributed by atoms with Crippen LogP contribution in [0.15, 0.2) is 18.3 Å². The number of aliphatic hydroxyl groups is 1. The van der Waals surface area contributed by atoms with Crippen LogP contribution in [0, 0.1) is 0 Å². The summed E-state index contributed by atoms with van der Waals surface area (Å²) >= 11 is 0. The van der Waals surface area contributed by atoms with Crippen LogP contribution in [0.3, 0.4) is 0 Å². The van der Waals surface area contributed by atoms with Crippen LogP contribution in [0.2, 0.25) is 0 Å². The molecule has 0 bridgehead atoms. The van der Waals surface area contributed by atoms with E-state index in [9.17, 15) is 0 Å². The molecule has 3 heteroatoms. The van der Waals surface area contributed by atoms with Gasteiger partial charge in [-0.2, -0.15) is 0 Å². The summed E-state index contributed by atoms with van der Waals surface area (Å²) in [5, 5.41) is 9.14. The van der Waals surface area contributed by atoms with Crippen molar-refractivity contribution in [2.24, 2.45) is 5.73 Å². The summed E-state index contributed by atoms with van der Waals surface area (Å²) in [6.07, 6.45) is 2.53. The Kier molecular flexibility index (Phi) is 3.51. The van der Waals surface area contributed by atoms with E-state index in [0.717, 1.165) is 18.7 Å². The predicted molar refractivity (Wildman–Crippen MR) is 53.3 cm³/mol. The van der Waals surface area contributed by atoms with Gasteiger partial charge in [0.1, 0.15) is 0 Å². The first-order valence-corrected chi connectivity index (χ1v) is 4.70. The molecule has 0 saturated heterocycles. The lowest BCUT2D eigenvalue weighted by Gasteiger charge is -2.12. The third kappa shape index (κ3) is 2.86. The maximum absolute atomic E-state index is 9.14. The lowest BCUT2D eigenvalue weighted by atomic mass is 10.2. The largest absolute Gasteiger partial charge is 0.393 e. The third-order valence-electron chi connectivity index (χ3n) is 2.12. The lowest BCUT2D eigenvalue weighted by Crippen LogP contribution is -2.14. The van der Waals surface area contributed by atoms with Crippen molar-refractivity contribution in [2.45, 2.75) is 39.0 Å². The first kappa shape index (κ1) is 10.3. The molecule has 2 atom stereocenters. The summed E-state index contributed by atoms with van der Waals surface area (Å²) in [5.41, 5.74) is 6.91. The number of nitrogens with two attached hydrogens (primary N) is 1. The van der Waals surface area contributed by atoms with Crippen LogP contribution in [-0.2, 0) is 6.54 Å². The Hall–Kier alpha value is -0.800. The van der Waals surface area contributed by atoms with Gasteiger partial charge in [0.25, 0.3) is 0 Å². The van der Waals surface area contributed by atoms with Crippen molar-refractivity contribution in [2.75, 3.05) is 0 Å². The number of hydrogen-bond acceptors (Lipinski definition) is 2. The van der Waals surface area contributed by atoms with Crippen LogP contribution in [-0.4, -0.2) is 15.8 Å². The van der Waals surface area contributed by atoms with E-state index in [1.165, 1.54) is 0 Å². The molecule has 2 unspecified atom stereocenters. The summed E-state index contributed by atoms with van der Waals surface area (Å²) < 4.78 is 2.09. The monoisotopic (exact) mass is 182 g/mol. The Morgan fingerprint density at radius 2 is 2.23 bits per heavy atom. The number of rotatable bonds is 4. The Morgan fingerprint density at radius 3 is 2.77 bits per heavy atom. The van der Waals surface area contributed by atoms with E-state index in [-0.39, 0.29) is 12.1 Å². The summed E-state index contributed by atoms with van der Waals surface area (Å²) in [7, 11) is 0. The maximum atomic E-state index is 9.14. The van der Waals surface area contributed by atoms with Gasteiger partial charge in [-0.1, -0.05) is 0 Å². The summed E-state index contributed by atoms with van der Waals surface area (Å²) in [4.78, 5) is 0. The second-order valence-corrected chi connectivity index (χ2v) is 3.55. The van der Waals surface area contributed by atoms with Gasteiger partial charge in [-0.05, 0) is 32.4 Å². The van der Waals surface area contributed by atoms with Crippen molar-refractivity contribution in [1.29, 1.82) is 0 Å². The molecule has 1 aromatic rings. The molecule has 0 saturated carbocycles. The molecular weight excluding hydrogens is 164 g/mol. The van der Waals surface area contributed by atoms with Gasteiger partial charge in [0.15, 0.2) is 0 Å². The SMILES string of the molecule is CC(O)CCn1cccc1C(C)N. The molecule has 0 amide bonds. The maximum Gasteiger partial charge on any atom is 0.0529 e. The van der Waals surface area contributed by atoms with Gasteiger partial charge in [-0.25, -0.2) is 0 Å². The number of aryl methyl sites for hydroxylation is 1. The molecule has 0 aromatic carbocycles. The van der Waals surface area contributed by atoms with Crippen LogP contribution in [0.4, 0.5) is 0 Å². The average molecular weight is 182 g/mol. The van der Waals surface area contributed by atoms with Crippen molar-refractivity contribution < 1.29 is 5.11 Å². The minimum atomic E-state index is -0.247. The zero-order chi connectivity index (χ0) is 9.84. The minimum absolute atomic E-state index is 0.0593. The fraction of sp³-hybridized carbons (Fsp3) is 0.600. The summed E-state index contributed by atoms with van der Waals surface area (Å²) in [5.74, 6) is 0. The van der Waals surface area contributed by atoms with Crippen molar-refractivity contribution in [3.63, 3.8) is 0 Å². The quantitative estimate of drug-likeness (QED) is 0.737. The highest BCUT2D eigenvalue weighted by Crippen LogP contribution is 2.11. The Morgan fingerprint density at radius 1 is 1.54 bits per heavy atom.